The van der Waals surface area contributed by atoms with Gasteiger partial charge in [-0.1, -0.05) is 39.7 Å². The highest BCUT2D eigenvalue weighted by Gasteiger charge is 2.11. The first-order valence-electron chi connectivity index (χ1n) is 5.72. The van der Waals surface area contributed by atoms with Gasteiger partial charge in [-0.2, -0.15) is 0 Å². The van der Waals surface area contributed by atoms with Gasteiger partial charge < -0.3 is 0 Å². The van der Waals surface area contributed by atoms with Crippen molar-refractivity contribution < 1.29 is 4.39 Å². The lowest BCUT2D eigenvalue weighted by molar-refractivity contribution is 0.586. The molecule has 18 heavy (non-hydrogen) atoms. The van der Waals surface area contributed by atoms with Gasteiger partial charge in [-0.15, -0.1) is 11.3 Å². The van der Waals surface area contributed by atoms with E-state index in [4.69, 9.17) is 11.6 Å². The molecule has 0 nitrogen and oxygen atoms in total. The molecule has 1 aromatic carbocycles. The third kappa shape index (κ3) is 4.08. The maximum absolute atomic E-state index is 13.1. The SMILES string of the molecule is Fc1cccc(CC(CBr)Cc2ccc(Cl)s2)c1. The maximum Gasteiger partial charge on any atom is 0.123 e. The lowest BCUT2D eigenvalue weighted by Crippen LogP contribution is -2.09. The molecule has 4 heteroatoms. The number of rotatable bonds is 5. The summed E-state index contributed by atoms with van der Waals surface area (Å²) in [6.45, 7) is 0. The zero-order valence-corrected chi connectivity index (χ0v) is 12.9. The minimum atomic E-state index is -0.167. The molecule has 1 unspecified atom stereocenters. The van der Waals surface area contributed by atoms with Crippen LogP contribution in [0.2, 0.25) is 4.34 Å². The Hall–Kier alpha value is -0.380. The maximum atomic E-state index is 13.1. The second-order valence-electron chi connectivity index (χ2n) is 4.26. The molecule has 0 N–H and O–H groups in total. The monoisotopic (exact) mass is 346 g/mol. The summed E-state index contributed by atoms with van der Waals surface area (Å²) in [5.41, 5.74) is 1.04. The number of hydrogen-bond acceptors (Lipinski definition) is 1. The number of thiophene rings is 1. The van der Waals surface area contributed by atoms with Crippen LogP contribution < -0.4 is 0 Å². The van der Waals surface area contributed by atoms with Gasteiger partial charge in [0.1, 0.15) is 5.82 Å². The fraction of sp³-hybridized carbons (Fsp3) is 0.286. The molecular formula is C14H13BrClFS. The molecule has 0 aliphatic carbocycles. The average Bonchev–Trinajstić information content (AvgIpc) is 2.74. The van der Waals surface area contributed by atoms with Crippen LogP contribution in [-0.2, 0) is 12.8 Å². The molecule has 1 aromatic heterocycles. The molecule has 1 heterocycles. The molecular weight excluding hydrogens is 335 g/mol. The fourth-order valence-corrected chi connectivity index (χ4v) is 3.58. The first kappa shape index (κ1) is 14.0. The van der Waals surface area contributed by atoms with Crippen LogP contribution in [0.3, 0.4) is 0 Å². The summed E-state index contributed by atoms with van der Waals surface area (Å²) in [5.74, 6) is 0.293. The summed E-state index contributed by atoms with van der Waals surface area (Å²) in [6.07, 6.45) is 1.84. The van der Waals surface area contributed by atoms with E-state index in [0.717, 1.165) is 28.1 Å². The smallest absolute Gasteiger partial charge is 0.123 e. The van der Waals surface area contributed by atoms with Crippen LogP contribution in [0, 0.1) is 11.7 Å². The van der Waals surface area contributed by atoms with Crippen molar-refractivity contribution in [2.75, 3.05) is 5.33 Å². The van der Waals surface area contributed by atoms with Crippen molar-refractivity contribution in [2.24, 2.45) is 5.92 Å². The van der Waals surface area contributed by atoms with E-state index < -0.39 is 0 Å². The molecule has 2 rings (SSSR count). The molecule has 0 aliphatic rings. The van der Waals surface area contributed by atoms with E-state index in [9.17, 15) is 4.39 Å². The molecule has 96 valence electrons. The third-order valence-corrected chi connectivity index (χ3v) is 4.92. The zero-order chi connectivity index (χ0) is 13.0. The lowest BCUT2D eigenvalue weighted by atomic mass is 9.97. The van der Waals surface area contributed by atoms with Gasteiger partial charge in [-0.25, -0.2) is 4.39 Å². The second-order valence-corrected chi connectivity index (χ2v) is 6.71. The van der Waals surface area contributed by atoms with Crippen molar-refractivity contribution in [1.82, 2.24) is 0 Å². The Morgan fingerprint density at radius 2 is 2.06 bits per heavy atom. The molecule has 2 aromatic rings. The molecule has 0 aliphatic heterocycles. The molecule has 0 fully saturated rings. The van der Waals surface area contributed by atoms with Gasteiger partial charge in [0.15, 0.2) is 0 Å². The summed E-state index contributed by atoms with van der Waals surface area (Å²) < 4.78 is 13.9. The predicted octanol–water partition coefficient (Wildman–Crippen LogP) is 5.34. The van der Waals surface area contributed by atoms with Gasteiger partial charge in [0.05, 0.1) is 4.34 Å². The summed E-state index contributed by atoms with van der Waals surface area (Å²) in [5, 5.41) is 0.902. The van der Waals surface area contributed by atoms with Crippen LogP contribution in [0.15, 0.2) is 36.4 Å². The van der Waals surface area contributed by atoms with Crippen molar-refractivity contribution in [3.8, 4) is 0 Å². The number of halogens is 3. The molecule has 0 radical (unpaired) electrons. The Morgan fingerprint density at radius 3 is 2.67 bits per heavy atom. The minimum absolute atomic E-state index is 0.167. The Morgan fingerprint density at radius 1 is 1.22 bits per heavy atom. The van der Waals surface area contributed by atoms with Gasteiger partial charge in [0, 0.05) is 10.2 Å². The Bertz CT molecular complexity index is 512. The van der Waals surface area contributed by atoms with Crippen molar-refractivity contribution in [3.05, 3.63) is 57.0 Å². The first-order valence-corrected chi connectivity index (χ1v) is 8.03. The van der Waals surface area contributed by atoms with Gasteiger partial charge in [-0.05, 0) is 48.6 Å². The van der Waals surface area contributed by atoms with Crippen molar-refractivity contribution in [2.45, 2.75) is 12.8 Å². The highest BCUT2D eigenvalue weighted by atomic mass is 79.9. The molecule has 1 atom stereocenters. The highest BCUT2D eigenvalue weighted by Crippen LogP contribution is 2.26. The summed E-state index contributed by atoms with van der Waals surface area (Å²) in [6, 6.07) is 10.8. The lowest BCUT2D eigenvalue weighted by Gasteiger charge is -2.13. The largest absolute Gasteiger partial charge is 0.207 e. The van der Waals surface area contributed by atoms with Crippen LogP contribution in [0.4, 0.5) is 4.39 Å². The van der Waals surface area contributed by atoms with Crippen LogP contribution in [0.25, 0.3) is 0 Å². The normalized spacial score (nSPS) is 12.6. The average molecular weight is 348 g/mol. The van der Waals surface area contributed by atoms with E-state index in [1.165, 1.54) is 10.9 Å². The second kappa shape index (κ2) is 6.69. The standard InChI is InChI=1S/C14H13BrClFS/c15-9-11(8-13-4-5-14(16)18-13)6-10-2-1-3-12(17)7-10/h1-5,7,11H,6,8-9H2. The topological polar surface area (TPSA) is 0 Å². The number of benzene rings is 1. The number of hydrogen-bond donors (Lipinski definition) is 0. The van der Waals surface area contributed by atoms with Gasteiger partial charge in [-0.3, -0.25) is 0 Å². The third-order valence-electron chi connectivity index (χ3n) is 2.75. The van der Waals surface area contributed by atoms with E-state index >= 15 is 0 Å². The summed E-state index contributed by atoms with van der Waals surface area (Å²) >= 11 is 11.1. The summed E-state index contributed by atoms with van der Waals surface area (Å²) in [7, 11) is 0. The van der Waals surface area contributed by atoms with Crippen molar-refractivity contribution >= 4 is 38.9 Å². The Labute approximate surface area is 124 Å². The van der Waals surface area contributed by atoms with Crippen molar-refractivity contribution in [1.29, 1.82) is 0 Å². The molecule has 0 spiro atoms. The Kier molecular flexibility index (Phi) is 5.22. The van der Waals surface area contributed by atoms with Crippen LogP contribution >= 0.6 is 38.9 Å². The van der Waals surface area contributed by atoms with E-state index in [2.05, 4.69) is 22.0 Å². The van der Waals surface area contributed by atoms with Gasteiger partial charge in [0.2, 0.25) is 0 Å². The molecule has 0 amide bonds. The predicted molar refractivity (Wildman–Crippen MR) is 80.4 cm³/mol. The van der Waals surface area contributed by atoms with E-state index in [0.29, 0.717) is 5.92 Å². The van der Waals surface area contributed by atoms with E-state index in [1.54, 1.807) is 23.5 Å². The van der Waals surface area contributed by atoms with Crippen LogP contribution in [0.1, 0.15) is 10.4 Å². The quantitative estimate of drug-likeness (QED) is 0.641. The van der Waals surface area contributed by atoms with Gasteiger partial charge >= 0.3 is 0 Å². The summed E-state index contributed by atoms with van der Waals surface area (Å²) in [4.78, 5) is 1.28. The fourth-order valence-electron chi connectivity index (χ4n) is 1.92. The molecule has 0 saturated carbocycles. The highest BCUT2D eigenvalue weighted by molar-refractivity contribution is 9.09. The first-order chi connectivity index (χ1) is 8.67. The van der Waals surface area contributed by atoms with E-state index in [1.807, 2.05) is 12.1 Å². The Balaban J connectivity index is 2.01. The van der Waals surface area contributed by atoms with Crippen LogP contribution in [0.5, 0.6) is 0 Å². The zero-order valence-electron chi connectivity index (χ0n) is 9.70. The van der Waals surface area contributed by atoms with Crippen molar-refractivity contribution in [3.63, 3.8) is 0 Å². The van der Waals surface area contributed by atoms with E-state index in [-0.39, 0.29) is 5.82 Å². The van der Waals surface area contributed by atoms with Crippen LogP contribution in [-0.4, -0.2) is 5.33 Å². The minimum Gasteiger partial charge on any atom is -0.207 e. The molecule has 0 saturated heterocycles. The van der Waals surface area contributed by atoms with Gasteiger partial charge in [0.25, 0.3) is 0 Å². The molecule has 0 bridgehead atoms. The number of alkyl halides is 1.